The van der Waals surface area contributed by atoms with E-state index in [2.05, 4.69) is 66.2 Å². The van der Waals surface area contributed by atoms with Crippen molar-refractivity contribution >= 4 is 16.9 Å². The van der Waals surface area contributed by atoms with Gasteiger partial charge in [0.15, 0.2) is 0 Å². The van der Waals surface area contributed by atoms with Crippen LogP contribution in [0.3, 0.4) is 0 Å². The zero-order valence-corrected chi connectivity index (χ0v) is 20.1. The molecule has 0 unspecified atom stereocenters. The number of para-hydroxylation sites is 3. The minimum absolute atomic E-state index is 0.248. The maximum Gasteiger partial charge on any atom is 0.223 e. The average Bonchev–Trinajstić information content (AvgIpc) is 3.60. The van der Waals surface area contributed by atoms with Gasteiger partial charge in [0.2, 0.25) is 5.91 Å². The molecule has 5 nitrogen and oxygen atoms in total. The van der Waals surface area contributed by atoms with Crippen LogP contribution in [0.5, 0.6) is 5.75 Å². The van der Waals surface area contributed by atoms with Gasteiger partial charge in [0.25, 0.3) is 0 Å². The highest BCUT2D eigenvalue weighted by molar-refractivity contribution is 5.80. The third-order valence-electron chi connectivity index (χ3n) is 6.49. The number of hydrogen-bond acceptors (Lipinski definition) is 3. The summed E-state index contributed by atoms with van der Waals surface area (Å²) in [5.41, 5.74) is 4.70. The van der Waals surface area contributed by atoms with E-state index in [0.29, 0.717) is 5.92 Å². The lowest BCUT2D eigenvalue weighted by Crippen LogP contribution is -2.25. The SMILES string of the molecule is Cc1cccc(C)c1OCCCCn1c(CCCCCNC(=O)C2CC2)nc2ccccc21. The highest BCUT2D eigenvalue weighted by atomic mass is 16.5. The van der Waals surface area contributed by atoms with Crippen molar-refractivity contribution in [2.75, 3.05) is 13.2 Å². The summed E-state index contributed by atoms with van der Waals surface area (Å²) in [6.45, 7) is 6.70. The van der Waals surface area contributed by atoms with E-state index in [1.807, 2.05) is 0 Å². The first-order valence-corrected chi connectivity index (χ1v) is 12.5. The Hall–Kier alpha value is -2.82. The van der Waals surface area contributed by atoms with Crippen molar-refractivity contribution in [2.24, 2.45) is 5.92 Å². The van der Waals surface area contributed by atoms with Gasteiger partial charge in [0.1, 0.15) is 11.6 Å². The number of unbranched alkanes of at least 4 members (excludes halogenated alkanes) is 3. The maximum atomic E-state index is 11.7. The number of rotatable bonds is 13. The molecule has 0 aliphatic heterocycles. The molecule has 1 heterocycles. The average molecular weight is 448 g/mol. The molecular formula is C28H37N3O2. The fraction of sp³-hybridized carbons (Fsp3) is 0.500. The molecule has 3 aromatic rings. The third kappa shape index (κ3) is 6.37. The molecule has 1 aromatic heterocycles. The van der Waals surface area contributed by atoms with Crippen LogP contribution >= 0.6 is 0 Å². The second-order valence-corrected chi connectivity index (χ2v) is 9.32. The second kappa shape index (κ2) is 11.4. The summed E-state index contributed by atoms with van der Waals surface area (Å²) >= 11 is 0. The van der Waals surface area contributed by atoms with Crippen molar-refractivity contribution in [1.29, 1.82) is 0 Å². The molecule has 1 aliphatic rings. The molecule has 0 spiro atoms. The Labute approximate surface area is 197 Å². The van der Waals surface area contributed by atoms with Crippen LogP contribution in [0.25, 0.3) is 11.0 Å². The van der Waals surface area contributed by atoms with Gasteiger partial charge in [-0.2, -0.15) is 0 Å². The van der Waals surface area contributed by atoms with Crippen molar-refractivity contribution in [3.63, 3.8) is 0 Å². The summed E-state index contributed by atoms with van der Waals surface area (Å²) in [6, 6.07) is 14.7. The van der Waals surface area contributed by atoms with E-state index in [9.17, 15) is 4.79 Å². The number of nitrogens with one attached hydrogen (secondary N) is 1. The fourth-order valence-electron chi connectivity index (χ4n) is 4.43. The Bertz CT molecular complexity index is 1050. The predicted molar refractivity (Wildman–Crippen MR) is 134 cm³/mol. The first kappa shape index (κ1) is 23.3. The minimum atomic E-state index is 0.248. The summed E-state index contributed by atoms with van der Waals surface area (Å²) in [7, 11) is 0. The Balaban J connectivity index is 1.24. The largest absolute Gasteiger partial charge is 0.493 e. The van der Waals surface area contributed by atoms with E-state index in [0.717, 1.165) is 82.3 Å². The monoisotopic (exact) mass is 447 g/mol. The molecule has 1 N–H and O–H groups in total. The highest BCUT2D eigenvalue weighted by Gasteiger charge is 2.28. The number of imidazole rings is 1. The summed E-state index contributed by atoms with van der Waals surface area (Å²) in [5, 5.41) is 3.06. The number of amides is 1. The van der Waals surface area contributed by atoms with Crippen LogP contribution in [0.2, 0.25) is 0 Å². The number of benzene rings is 2. The van der Waals surface area contributed by atoms with Crippen LogP contribution in [0.1, 0.15) is 61.9 Å². The van der Waals surface area contributed by atoms with Crippen molar-refractivity contribution in [1.82, 2.24) is 14.9 Å². The number of ether oxygens (including phenoxy) is 1. The Morgan fingerprint density at radius 2 is 1.79 bits per heavy atom. The van der Waals surface area contributed by atoms with Gasteiger partial charge in [-0.05, 0) is 75.6 Å². The number of carbonyl (C=O) groups is 1. The van der Waals surface area contributed by atoms with Crippen LogP contribution in [0, 0.1) is 19.8 Å². The molecule has 4 rings (SSSR count). The number of hydrogen-bond donors (Lipinski definition) is 1. The van der Waals surface area contributed by atoms with Gasteiger partial charge in [0, 0.05) is 25.4 Å². The van der Waals surface area contributed by atoms with Crippen LogP contribution in [-0.4, -0.2) is 28.6 Å². The second-order valence-electron chi connectivity index (χ2n) is 9.32. The quantitative estimate of drug-likeness (QED) is 0.339. The Morgan fingerprint density at radius 3 is 2.58 bits per heavy atom. The van der Waals surface area contributed by atoms with Gasteiger partial charge < -0.3 is 14.6 Å². The van der Waals surface area contributed by atoms with E-state index in [1.54, 1.807) is 0 Å². The van der Waals surface area contributed by atoms with E-state index >= 15 is 0 Å². The van der Waals surface area contributed by atoms with Crippen LogP contribution in [-0.2, 0) is 17.8 Å². The molecule has 1 amide bonds. The number of aryl methyl sites for hydroxylation is 4. The molecule has 1 saturated carbocycles. The van der Waals surface area contributed by atoms with E-state index in [4.69, 9.17) is 9.72 Å². The third-order valence-corrected chi connectivity index (χ3v) is 6.49. The van der Waals surface area contributed by atoms with Crippen LogP contribution < -0.4 is 10.1 Å². The molecule has 176 valence electrons. The van der Waals surface area contributed by atoms with Crippen LogP contribution in [0.4, 0.5) is 0 Å². The van der Waals surface area contributed by atoms with E-state index < -0.39 is 0 Å². The molecule has 33 heavy (non-hydrogen) atoms. The smallest absolute Gasteiger partial charge is 0.223 e. The van der Waals surface area contributed by atoms with Crippen molar-refractivity contribution in [3.8, 4) is 5.75 Å². The molecule has 0 bridgehead atoms. The topological polar surface area (TPSA) is 56.1 Å². The zero-order valence-electron chi connectivity index (χ0n) is 20.1. The molecule has 0 radical (unpaired) electrons. The van der Waals surface area contributed by atoms with Gasteiger partial charge in [-0.3, -0.25) is 4.79 Å². The van der Waals surface area contributed by atoms with Gasteiger partial charge in [-0.1, -0.05) is 36.8 Å². The van der Waals surface area contributed by atoms with Gasteiger partial charge in [-0.15, -0.1) is 0 Å². The molecule has 0 saturated heterocycles. The maximum absolute atomic E-state index is 11.7. The minimum Gasteiger partial charge on any atom is -0.493 e. The number of aromatic nitrogens is 2. The summed E-state index contributed by atoms with van der Waals surface area (Å²) < 4.78 is 8.48. The van der Waals surface area contributed by atoms with Crippen LogP contribution in [0.15, 0.2) is 42.5 Å². The highest BCUT2D eigenvalue weighted by Crippen LogP contribution is 2.28. The molecule has 1 aliphatic carbocycles. The van der Waals surface area contributed by atoms with Crippen molar-refractivity contribution < 1.29 is 9.53 Å². The summed E-state index contributed by atoms with van der Waals surface area (Å²) in [6.07, 6.45) is 8.43. The first-order chi connectivity index (χ1) is 16.1. The van der Waals surface area contributed by atoms with E-state index in [-0.39, 0.29) is 5.91 Å². The fourth-order valence-corrected chi connectivity index (χ4v) is 4.43. The molecule has 5 heteroatoms. The summed E-state index contributed by atoms with van der Waals surface area (Å²) in [5.74, 6) is 2.75. The Kier molecular flexibility index (Phi) is 8.03. The van der Waals surface area contributed by atoms with E-state index in [1.165, 1.54) is 22.5 Å². The molecule has 0 atom stereocenters. The number of carbonyl (C=O) groups excluding carboxylic acids is 1. The lowest BCUT2D eigenvalue weighted by Gasteiger charge is -2.13. The van der Waals surface area contributed by atoms with Gasteiger partial charge in [-0.25, -0.2) is 4.98 Å². The predicted octanol–water partition coefficient (Wildman–Crippen LogP) is 5.75. The number of nitrogens with zero attached hydrogens (tertiary/aromatic N) is 2. The Morgan fingerprint density at radius 1 is 1.00 bits per heavy atom. The molecular weight excluding hydrogens is 410 g/mol. The van der Waals surface area contributed by atoms with Crippen molar-refractivity contribution in [2.45, 2.75) is 71.8 Å². The normalized spacial score (nSPS) is 13.4. The molecule has 1 fully saturated rings. The standard InChI is InChI=1S/C28H37N3O2/c1-21-11-10-12-22(2)27(21)33-20-9-8-19-31-25-14-6-5-13-24(25)30-26(31)15-4-3-7-18-29-28(32)23-16-17-23/h5-6,10-14,23H,3-4,7-9,15-20H2,1-2H3,(H,29,32). The summed E-state index contributed by atoms with van der Waals surface area (Å²) in [4.78, 5) is 16.7. The number of fused-ring (bicyclic) bond motifs is 1. The van der Waals surface area contributed by atoms with Gasteiger partial charge >= 0.3 is 0 Å². The lowest BCUT2D eigenvalue weighted by atomic mass is 10.1. The zero-order chi connectivity index (χ0) is 23.0. The first-order valence-electron chi connectivity index (χ1n) is 12.5. The van der Waals surface area contributed by atoms with Gasteiger partial charge in [0.05, 0.1) is 17.6 Å². The molecule has 2 aromatic carbocycles. The van der Waals surface area contributed by atoms with Crippen molar-refractivity contribution in [3.05, 3.63) is 59.4 Å². The lowest BCUT2D eigenvalue weighted by molar-refractivity contribution is -0.122.